The Bertz CT molecular complexity index is 3130. The van der Waals surface area contributed by atoms with E-state index >= 15 is 0 Å². The summed E-state index contributed by atoms with van der Waals surface area (Å²) in [6, 6.07) is 55.9. The summed E-state index contributed by atoms with van der Waals surface area (Å²) in [6.45, 7) is 44.2. The number of unbranched alkanes of at least 4 members (excludes halogenated alkanes) is 14. The lowest BCUT2D eigenvalue weighted by atomic mass is 10.2. The van der Waals surface area contributed by atoms with Crippen molar-refractivity contribution in [2.24, 2.45) is 0 Å². The monoisotopic (exact) mass is 1390 g/mol. The van der Waals surface area contributed by atoms with E-state index in [-0.39, 0.29) is 0 Å². The van der Waals surface area contributed by atoms with Gasteiger partial charge in [0, 0.05) is 27.4 Å². The Hall–Kier alpha value is -8.76. The third-order valence-corrected chi connectivity index (χ3v) is 15.3. The molecule has 0 atom stereocenters. The third kappa shape index (κ3) is 50.5. The van der Waals surface area contributed by atoms with E-state index in [1.54, 1.807) is 14.2 Å². The standard InChI is InChI=1S/C15H22O2.C15H22O.C14H20O.C13H18O2.C13H18O.C12H16O.C11H14O/c1-3-14-9-8-10-15(13-14)17-12-7-5-4-6-11-16-2;1-3-5-6-7-8-13-16-15-11-9-14(4-2)10-12-15;1-3-5-6-7-11-15-14-10-8-9-13(4-2)12-14;1-3-12-6-8-13(9-7-12)15-11-5-4-10-14-2;1-3-5-6-10-14-13-9-7-8-12(4-2)11-13;1-3-5-10-13-12-8-6-11(4-2)7-9-12;1-3-9-12-11-7-5-10(4-2)6-8-11/h3,8-10,13H,1,4-7,11-12H2,2H3;4,9-12H,2-3,5-8,13H2,1H3;4,8-10,12H,2-3,5-7,11H2,1H3;3,6-9H,1,4-5,10-11H2,2H3;4,7-9,11H,2-3,5-6,10H2,1H3;4,6-9H,2-3,5,10H2,1H3;4-8H,2-3,9H2,1H3. The number of benzene rings is 7. The van der Waals surface area contributed by atoms with Crippen LogP contribution in [0.25, 0.3) is 42.5 Å². The van der Waals surface area contributed by atoms with Gasteiger partial charge in [-0.05, 0) is 188 Å². The van der Waals surface area contributed by atoms with Gasteiger partial charge >= 0.3 is 0 Å². The predicted molar refractivity (Wildman–Crippen MR) is 443 cm³/mol. The van der Waals surface area contributed by atoms with Crippen molar-refractivity contribution in [3.8, 4) is 40.2 Å². The van der Waals surface area contributed by atoms with Crippen LogP contribution in [0.4, 0.5) is 0 Å². The molecule has 7 aromatic rings. The zero-order chi connectivity index (χ0) is 74.4. The van der Waals surface area contributed by atoms with E-state index < -0.39 is 0 Å². The van der Waals surface area contributed by atoms with Crippen LogP contribution in [-0.2, 0) is 9.47 Å². The van der Waals surface area contributed by atoms with Gasteiger partial charge in [0.1, 0.15) is 40.2 Å². The van der Waals surface area contributed by atoms with Gasteiger partial charge in [-0.1, -0.05) is 279 Å². The van der Waals surface area contributed by atoms with Crippen LogP contribution in [0.3, 0.4) is 0 Å². The summed E-state index contributed by atoms with van der Waals surface area (Å²) in [5.74, 6) is 6.57. The highest BCUT2D eigenvalue weighted by Crippen LogP contribution is 2.20. The van der Waals surface area contributed by atoms with Crippen LogP contribution >= 0.6 is 0 Å². The lowest BCUT2D eigenvalue weighted by Gasteiger charge is -2.06. The Kier molecular flexibility index (Phi) is 59.7. The van der Waals surface area contributed by atoms with Crippen LogP contribution in [0.15, 0.2) is 216 Å². The first kappa shape index (κ1) is 91.3. The maximum absolute atomic E-state index is 5.68. The molecule has 0 bridgehead atoms. The molecule has 0 aliphatic rings. The Balaban J connectivity index is 0.000000596. The maximum atomic E-state index is 5.68. The molecule has 102 heavy (non-hydrogen) atoms. The van der Waals surface area contributed by atoms with Crippen LogP contribution in [0.2, 0.25) is 0 Å². The highest BCUT2D eigenvalue weighted by molar-refractivity contribution is 5.53. The van der Waals surface area contributed by atoms with Crippen molar-refractivity contribution in [3.05, 3.63) is 255 Å². The summed E-state index contributed by atoms with van der Waals surface area (Å²) >= 11 is 0. The molecule has 0 heterocycles. The van der Waals surface area contributed by atoms with Gasteiger partial charge in [0.05, 0.1) is 46.2 Å². The molecule has 0 N–H and O–H groups in total. The second-order valence-corrected chi connectivity index (χ2v) is 24.0. The average Bonchev–Trinajstić information content (AvgIpc) is 1.14. The van der Waals surface area contributed by atoms with E-state index in [9.17, 15) is 0 Å². The molecule has 0 unspecified atom stereocenters. The minimum absolute atomic E-state index is 0.747. The molecule has 0 aliphatic carbocycles. The number of ether oxygens (including phenoxy) is 9. The van der Waals surface area contributed by atoms with Gasteiger partial charge in [0.15, 0.2) is 0 Å². The SMILES string of the molecule is C=Cc1ccc(OCCC)cc1.C=Cc1ccc(OCCCC)cc1.C=Cc1ccc(OCCCCCCC)cc1.C=Cc1ccc(OCCCCOC)cc1.C=Cc1cccc(OCCCCC)c1.C=Cc1cccc(OCCCCCC)c1.C=Cc1cccc(OCCCCCCOC)c1. The van der Waals surface area contributed by atoms with E-state index in [0.717, 1.165) is 196 Å². The molecule has 0 aromatic heterocycles. The Labute approximate surface area is 620 Å². The second kappa shape index (κ2) is 66.8. The van der Waals surface area contributed by atoms with Crippen molar-refractivity contribution in [1.82, 2.24) is 0 Å². The molecule has 7 aromatic carbocycles. The first-order chi connectivity index (χ1) is 50.0. The zero-order valence-corrected chi connectivity index (χ0v) is 64.0. The van der Waals surface area contributed by atoms with Gasteiger partial charge in [0.2, 0.25) is 0 Å². The number of methoxy groups -OCH3 is 2. The van der Waals surface area contributed by atoms with Gasteiger partial charge in [0.25, 0.3) is 0 Å². The highest BCUT2D eigenvalue weighted by atomic mass is 16.5. The molecule has 0 saturated heterocycles. The summed E-state index contributed by atoms with van der Waals surface area (Å²) in [6.07, 6.45) is 37.8. The molecule has 0 aliphatic heterocycles. The Morgan fingerprint density at radius 2 is 0.422 bits per heavy atom. The molecule has 9 nitrogen and oxygen atoms in total. The van der Waals surface area contributed by atoms with E-state index in [1.807, 2.05) is 212 Å². The Morgan fingerprint density at radius 1 is 0.206 bits per heavy atom. The van der Waals surface area contributed by atoms with Gasteiger partial charge in [-0.2, -0.15) is 0 Å². The molecule has 0 saturated carbocycles. The number of hydrogen-bond acceptors (Lipinski definition) is 9. The lowest BCUT2D eigenvalue weighted by molar-refractivity contribution is 0.184. The largest absolute Gasteiger partial charge is 0.494 e. The first-order valence-electron chi connectivity index (χ1n) is 37.5. The first-order valence-corrected chi connectivity index (χ1v) is 37.5. The molecule has 0 radical (unpaired) electrons. The minimum atomic E-state index is 0.747. The second-order valence-electron chi connectivity index (χ2n) is 24.0. The smallest absolute Gasteiger partial charge is 0.119 e. The predicted octanol–water partition coefficient (Wildman–Crippen LogP) is 26.5. The molecule has 0 amide bonds. The molecular weight excluding hydrogens is 1260 g/mol. The van der Waals surface area contributed by atoms with Gasteiger partial charge in [-0.3, -0.25) is 0 Å². The maximum Gasteiger partial charge on any atom is 0.119 e. The fraction of sp³-hybridized carbons (Fsp3) is 0.398. The van der Waals surface area contributed by atoms with Crippen LogP contribution in [-0.4, -0.2) is 73.7 Å². The third-order valence-electron chi connectivity index (χ3n) is 15.3. The van der Waals surface area contributed by atoms with Crippen LogP contribution < -0.4 is 33.2 Å². The fourth-order valence-electron chi connectivity index (χ4n) is 9.14. The van der Waals surface area contributed by atoms with E-state index in [0.29, 0.717) is 0 Å². The van der Waals surface area contributed by atoms with Crippen LogP contribution in [0, 0.1) is 0 Å². The molecular formula is C93H130O9. The van der Waals surface area contributed by atoms with Crippen molar-refractivity contribution >= 4 is 42.5 Å². The van der Waals surface area contributed by atoms with Gasteiger partial charge in [-0.25, -0.2) is 0 Å². The molecule has 556 valence electrons. The normalized spacial score (nSPS) is 9.87. The van der Waals surface area contributed by atoms with Gasteiger partial charge < -0.3 is 42.6 Å². The fourth-order valence-corrected chi connectivity index (χ4v) is 9.14. The molecule has 9 heteroatoms. The van der Waals surface area contributed by atoms with Crippen LogP contribution in [0.1, 0.15) is 208 Å². The van der Waals surface area contributed by atoms with E-state index in [1.165, 1.54) is 77.0 Å². The van der Waals surface area contributed by atoms with E-state index in [4.69, 9.17) is 42.6 Å². The van der Waals surface area contributed by atoms with Crippen molar-refractivity contribution < 1.29 is 42.6 Å². The van der Waals surface area contributed by atoms with Crippen LogP contribution in [0.5, 0.6) is 40.2 Å². The summed E-state index contributed by atoms with van der Waals surface area (Å²) in [4.78, 5) is 0. The average molecular weight is 1390 g/mol. The highest BCUT2D eigenvalue weighted by Gasteiger charge is 2.01. The summed E-state index contributed by atoms with van der Waals surface area (Å²) in [5, 5.41) is 0. The number of rotatable bonds is 46. The topological polar surface area (TPSA) is 83.1 Å². The number of hydrogen-bond donors (Lipinski definition) is 0. The molecule has 0 spiro atoms. The van der Waals surface area contributed by atoms with Crippen molar-refractivity contribution in [3.63, 3.8) is 0 Å². The van der Waals surface area contributed by atoms with E-state index in [2.05, 4.69) is 80.7 Å². The zero-order valence-electron chi connectivity index (χ0n) is 64.0. The summed E-state index contributed by atoms with van der Waals surface area (Å²) in [5.41, 5.74) is 7.82. The van der Waals surface area contributed by atoms with Crippen molar-refractivity contribution in [2.45, 2.75) is 169 Å². The van der Waals surface area contributed by atoms with Crippen molar-refractivity contribution in [1.29, 1.82) is 0 Å². The molecule has 7 rings (SSSR count). The Morgan fingerprint density at radius 3 is 0.696 bits per heavy atom. The minimum Gasteiger partial charge on any atom is -0.494 e. The quantitative estimate of drug-likeness (QED) is 0.0347. The summed E-state index contributed by atoms with van der Waals surface area (Å²) in [7, 11) is 3.46. The molecule has 0 fully saturated rings. The summed E-state index contributed by atoms with van der Waals surface area (Å²) < 4.78 is 49.0. The lowest BCUT2D eigenvalue weighted by Crippen LogP contribution is -1.99. The van der Waals surface area contributed by atoms with Crippen molar-refractivity contribution in [2.75, 3.05) is 73.7 Å². The van der Waals surface area contributed by atoms with Gasteiger partial charge in [-0.15, -0.1) is 0 Å².